The second-order valence-corrected chi connectivity index (χ2v) is 8.28. The average molecular weight is 448 g/mol. The van der Waals surface area contributed by atoms with Gasteiger partial charge in [-0.25, -0.2) is 23.3 Å². The molecule has 0 saturated carbocycles. The highest BCUT2D eigenvalue weighted by Crippen LogP contribution is 2.31. The maximum absolute atomic E-state index is 13.3. The lowest BCUT2D eigenvalue weighted by molar-refractivity contribution is -0.117. The van der Waals surface area contributed by atoms with Gasteiger partial charge in [0.05, 0.1) is 5.02 Å². The molecular formula is C18H15ClFN7O2S. The van der Waals surface area contributed by atoms with Crippen molar-refractivity contribution in [1.29, 1.82) is 0 Å². The quantitative estimate of drug-likeness (QED) is 0.516. The van der Waals surface area contributed by atoms with Crippen LogP contribution < -0.4 is 15.9 Å². The molecule has 4 heterocycles. The van der Waals surface area contributed by atoms with Gasteiger partial charge < -0.3 is 10.2 Å². The number of nitrogens with one attached hydrogen (secondary N) is 1. The van der Waals surface area contributed by atoms with E-state index in [-0.39, 0.29) is 11.6 Å². The van der Waals surface area contributed by atoms with Crippen molar-refractivity contribution < 1.29 is 9.18 Å². The van der Waals surface area contributed by atoms with Crippen LogP contribution in [0.2, 0.25) is 5.02 Å². The molecule has 3 aromatic heterocycles. The number of hydrogen-bond acceptors (Lipinski definition) is 7. The van der Waals surface area contributed by atoms with Gasteiger partial charge in [0.15, 0.2) is 16.4 Å². The molecule has 1 saturated heterocycles. The van der Waals surface area contributed by atoms with E-state index in [0.29, 0.717) is 21.7 Å². The van der Waals surface area contributed by atoms with Crippen LogP contribution >= 0.6 is 22.9 Å². The number of rotatable bonds is 4. The molecule has 0 bridgehead atoms. The number of amides is 1. The molecule has 1 aromatic carbocycles. The van der Waals surface area contributed by atoms with Gasteiger partial charge in [-0.05, 0) is 31.0 Å². The van der Waals surface area contributed by atoms with Gasteiger partial charge in [0.2, 0.25) is 5.91 Å². The van der Waals surface area contributed by atoms with Crippen molar-refractivity contribution in [2.75, 3.05) is 23.3 Å². The summed E-state index contributed by atoms with van der Waals surface area (Å²) in [4.78, 5) is 36.1. The van der Waals surface area contributed by atoms with E-state index >= 15 is 0 Å². The molecule has 0 aliphatic carbocycles. The zero-order valence-electron chi connectivity index (χ0n) is 15.5. The van der Waals surface area contributed by atoms with E-state index in [1.165, 1.54) is 34.2 Å². The van der Waals surface area contributed by atoms with E-state index in [0.717, 1.165) is 41.8 Å². The van der Waals surface area contributed by atoms with Crippen LogP contribution in [0.1, 0.15) is 12.8 Å². The van der Waals surface area contributed by atoms with Crippen molar-refractivity contribution >= 4 is 55.7 Å². The highest BCUT2D eigenvalue weighted by atomic mass is 35.5. The van der Waals surface area contributed by atoms with Crippen LogP contribution in [0.4, 0.5) is 15.2 Å². The molecule has 12 heteroatoms. The Bertz CT molecular complexity index is 1340. The van der Waals surface area contributed by atoms with Crippen LogP contribution in [-0.2, 0) is 11.3 Å². The van der Waals surface area contributed by atoms with E-state index in [4.69, 9.17) is 11.6 Å². The van der Waals surface area contributed by atoms with E-state index in [9.17, 15) is 14.0 Å². The Balaban J connectivity index is 1.44. The summed E-state index contributed by atoms with van der Waals surface area (Å²) in [6.07, 6.45) is 3.62. The third kappa shape index (κ3) is 3.29. The lowest BCUT2D eigenvalue weighted by Gasteiger charge is -2.11. The molecule has 1 fully saturated rings. The molecule has 1 amide bonds. The van der Waals surface area contributed by atoms with E-state index in [1.807, 2.05) is 0 Å². The third-order valence-corrected chi connectivity index (χ3v) is 6.23. The fourth-order valence-corrected chi connectivity index (χ4v) is 4.61. The van der Waals surface area contributed by atoms with Crippen molar-refractivity contribution in [3.63, 3.8) is 0 Å². The smallest absolute Gasteiger partial charge is 0.348 e. The Labute approximate surface area is 177 Å². The fraction of sp³-hybridized carbons (Fsp3) is 0.278. The Hall–Kier alpha value is -3.05. The van der Waals surface area contributed by atoms with Gasteiger partial charge in [-0.15, -0.1) is 5.10 Å². The number of anilines is 2. The predicted octanol–water partition coefficient (Wildman–Crippen LogP) is 2.53. The number of fused-ring (bicyclic) bond motifs is 3. The monoisotopic (exact) mass is 447 g/mol. The number of carbonyl (C=O) groups excluding carboxylic acids is 1. The Morgan fingerprint density at radius 1 is 1.30 bits per heavy atom. The highest BCUT2D eigenvalue weighted by molar-refractivity contribution is 7.22. The van der Waals surface area contributed by atoms with Gasteiger partial charge >= 0.3 is 5.69 Å². The number of nitrogens with zero attached hydrogens (tertiary/aromatic N) is 6. The first kappa shape index (κ1) is 18.9. The topological polar surface area (TPSA) is 97.4 Å². The highest BCUT2D eigenvalue weighted by Gasteiger charge is 2.20. The zero-order chi connectivity index (χ0) is 20.8. The first-order valence-corrected chi connectivity index (χ1v) is 10.4. The van der Waals surface area contributed by atoms with E-state index in [2.05, 4.69) is 25.3 Å². The van der Waals surface area contributed by atoms with Crippen LogP contribution in [0, 0.1) is 5.82 Å². The second-order valence-electron chi connectivity index (χ2n) is 6.90. The normalized spacial score (nSPS) is 14.1. The van der Waals surface area contributed by atoms with Gasteiger partial charge in [-0.2, -0.15) is 4.98 Å². The number of hydrogen-bond donors (Lipinski definition) is 1. The Morgan fingerprint density at radius 3 is 2.87 bits per heavy atom. The molecule has 154 valence electrons. The molecule has 30 heavy (non-hydrogen) atoms. The van der Waals surface area contributed by atoms with Crippen LogP contribution in [-0.4, -0.2) is 43.1 Å². The lowest BCUT2D eigenvalue weighted by Crippen LogP contribution is -2.28. The number of aromatic nitrogens is 5. The molecule has 0 atom stereocenters. The first-order valence-electron chi connectivity index (χ1n) is 9.24. The Morgan fingerprint density at radius 2 is 2.10 bits per heavy atom. The minimum Gasteiger partial charge on any atom is -0.348 e. The fourth-order valence-electron chi connectivity index (χ4n) is 3.38. The third-order valence-electron chi connectivity index (χ3n) is 4.84. The van der Waals surface area contributed by atoms with Crippen molar-refractivity contribution in [2.45, 2.75) is 19.4 Å². The van der Waals surface area contributed by atoms with Crippen molar-refractivity contribution in [3.8, 4) is 0 Å². The molecule has 1 N–H and O–H groups in total. The summed E-state index contributed by atoms with van der Waals surface area (Å²) in [6.45, 7) is 1.59. The number of halogens is 2. The Kier molecular flexibility index (Phi) is 4.63. The minimum absolute atomic E-state index is 0.106. The van der Waals surface area contributed by atoms with E-state index < -0.39 is 17.4 Å². The molecule has 1 aliphatic heterocycles. The van der Waals surface area contributed by atoms with Gasteiger partial charge in [-0.3, -0.25) is 4.79 Å². The maximum atomic E-state index is 13.3. The van der Waals surface area contributed by atoms with Crippen LogP contribution in [0.3, 0.4) is 0 Å². The number of benzene rings is 1. The molecule has 4 aromatic rings. The van der Waals surface area contributed by atoms with Crippen molar-refractivity contribution in [2.24, 2.45) is 0 Å². The average Bonchev–Trinajstić information content (AvgIpc) is 3.44. The molecule has 0 radical (unpaired) electrons. The number of carbonyl (C=O) groups is 1. The largest absolute Gasteiger partial charge is 0.352 e. The number of thiazole rings is 1. The van der Waals surface area contributed by atoms with Gasteiger partial charge in [0.1, 0.15) is 23.4 Å². The summed E-state index contributed by atoms with van der Waals surface area (Å²) in [5, 5.41) is 7.65. The molecular weight excluding hydrogens is 433 g/mol. The second kappa shape index (κ2) is 7.33. The molecule has 9 nitrogen and oxygen atoms in total. The summed E-state index contributed by atoms with van der Waals surface area (Å²) in [5.41, 5.74) is 0.773. The summed E-state index contributed by atoms with van der Waals surface area (Å²) < 4.78 is 16.3. The summed E-state index contributed by atoms with van der Waals surface area (Å²) in [7, 11) is 0. The van der Waals surface area contributed by atoms with Crippen molar-refractivity contribution in [3.05, 3.63) is 45.9 Å². The first-order chi connectivity index (χ1) is 14.5. The van der Waals surface area contributed by atoms with Crippen LogP contribution in [0.5, 0.6) is 0 Å². The van der Waals surface area contributed by atoms with Gasteiger partial charge in [0, 0.05) is 18.8 Å². The van der Waals surface area contributed by atoms with E-state index in [1.54, 1.807) is 0 Å². The predicted molar refractivity (Wildman–Crippen MR) is 112 cm³/mol. The molecule has 0 spiro atoms. The molecule has 0 unspecified atom stereocenters. The lowest BCUT2D eigenvalue weighted by atomic mass is 10.3. The summed E-state index contributed by atoms with van der Waals surface area (Å²) in [6, 6.07) is 3.83. The molecule has 1 aliphatic rings. The SMILES string of the molecule is O=C(Cn1nc2c3sc(N4CCCC4)nc3ncn2c1=O)Nc1ccc(F)c(Cl)c1. The van der Waals surface area contributed by atoms with Gasteiger partial charge in [-0.1, -0.05) is 22.9 Å². The van der Waals surface area contributed by atoms with Crippen LogP contribution in [0.15, 0.2) is 29.3 Å². The minimum atomic E-state index is -0.583. The molecule has 5 rings (SSSR count). The van der Waals surface area contributed by atoms with Crippen molar-refractivity contribution in [1.82, 2.24) is 24.1 Å². The summed E-state index contributed by atoms with van der Waals surface area (Å²) in [5.74, 6) is -1.07. The van der Waals surface area contributed by atoms with Crippen LogP contribution in [0.25, 0.3) is 16.0 Å². The maximum Gasteiger partial charge on any atom is 0.352 e. The van der Waals surface area contributed by atoms with Gasteiger partial charge in [0.25, 0.3) is 0 Å². The summed E-state index contributed by atoms with van der Waals surface area (Å²) >= 11 is 7.16. The standard InChI is InChI=1S/C18H15ClFN7O2S/c19-11-7-10(3-4-12(11)20)22-13(28)8-27-18(29)26-9-21-15-14(16(26)24-27)30-17(23-15)25-5-1-2-6-25/h3-4,7,9H,1-2,5-6,8H2,(H,22,28). The zero-order valence-corrected chi connectivity index (χ0v) is 17.1.